The third-order valence-electron chi connectivity index (χ3n) is 2.06. The van der Waals surface area contributed by atoms with E-state index in [1.165, 1.54) is 0 Å². The Kier molecular flexibility index (Phi) is 2.91. The van der Waals surface area contributed by atoms with Gasteiger partial charge in [0.1, 0.15) is 5.15 Å². The smallest absolute Gasteiger partial charge is 0.155 e. The standard InChI is InChI=1S/C10H7Cl3N2/c1-6-9(12)14-15(10(6)13)8-4-2-7(11)3-5-8/h2-5H,1H3. The van der Waals surface area contributed by atoms with Gasteiger partial charge in [-0.3, -0.25) is 0 Å². The van der Waals surface area contributed by atoms with Crippen molar-refractivity contribution in [2.45, 2.75) is 6.92 Å². The van der Waals surface area contributed by atoms with Gasteiger partial charge in [-0.15, -0.1) is 0 Å². The molecule has 5 heteroatoms. The second kappa shape index (κ2) is 4.05. The molecule has 0 radical (unpaired) electrons. The minimum absolute atomic E-state index is 0.412. The Balaban J connectivity index is 2.54. The van der Waals surface area contributed by atoms with Crippen LogP contribution in [0.5, 0.6) is 0 Å². The molecule has 0 saturated heterocycles. The van der Waals surface area contributed by atoms with Crippen LogP contribution in [0, 0.1) is 6.92 Å². The first-order valence-electron chi connectivity index (χ1n) is 4.26. The van der Waals surface area contributed by atoms with E-state index in [0.717, 1.165) is 11.3 Å². The highest BCUT2D eigenvalue weighted by Crippen LogP contribution is 2.26. The van der Waals surface area contributed by atoms with Crippen molar-refractivity contribution < 1.29 is 0 Å². The van der Waals surface area contributed by atoms with Gasteiger partial charge in [-0.25, -0.2) is 4.68 Å². The Morgan fingerprint density at radius 1 is 1.07 bits per heavy atom. The van der Waals surface area contributed by atoms with E-state index in [0.29, 0.717) is 15.3 Å². The highest BCUT2D eigenvalue weighted by atomic mass is 35.5. The van der Waals surface area contributed by atoms with E-state index >= 15 is 0 Å². The van der Waals surface area contributed by atoms with Gasteiger partial charge < -0.3 is 0 Å². The van der Waals surface area contributed by atoms with Crippen LogP contribution in [-0.2, 0) is 0 Å². The Morgan fingerprint density at radius 2 is 1.67 bits per heavy atom. The summed E-state index contributed by atoms with van der Waals surface area (Å²) < 4.78 is 1.58. The fourth-order valence-electron chi connectivity index (χ4n) is 1.20. The molecule has 2 nitrogen and oxygen atoms in total. The average Bonchev–Trinajstić information content (AvgIpc) is 2.47. The first-order chi connectivity index (χ1) is 7.09. The van der Waals surface area contributed by atoms with Gasteiger partial charge in [0.05, 0.1) is 5.69 Å². The van der Waals surface area contributed by atoms with Crippen molar-refractivity contribution in [1.82, 2.24) is 9.78 Å². The van der Waals surface area contributed by atoms with Crippen molar-refractivity contribution in [3.05, 3.63) is 45.2 Å². The van der Waals surface area contributed by atoms with Crippen LogP contribution in [0.3, 0.4) is 0 Å². The zero-order valence-electron chi connectivity index (χ0n) is 7.84. The van der Waals surface area contributed by atoms with Crippen LogP contribution in [-0.4, -0.2) is 9.78 Å². The maximum absolute atomic E-state index is 6.07. The zero-order valence-corrected chi connectivity index (χ0v) is 10.1. The molecule has 2 aromatic rings. The van der Waals surface area contributed by atoms with Crippen molar-refractivity contribution in [2.75, 3.05) is 0 Å². The SMILES string of the molecule is Cc1c(Cl)nn(-c2ccc(Cl)cc2)c1Cl. The van der Waals surface area contributed by atoms with Crippen LogP contribution in [0.25, 0.3) is 5.69 Å². The maximum atomic E-state index is 6.07. The van der Waals surface area contributed by atoms with Crippen LogP contribution >= 0.6 is 34.8 Å². The molecule has 0 spiro atoms. The summed E-state index contributed by atoms with van der Waals surface area (Å²) in [7, 11) is 0. The summed E-state index contributed by atoms with van der Waals surface area (Å²) in [6.45, 7) is 1.82. The van der Waals surface area contributed by atoms with Crippen molar-refractivity contribution >= 4 is 34.8 Å². The Bertz CT molecular complexity index is 488. The molecular weight excluding hydrogens is 254 g/mol. The van der Waals surface area contributed by atoms with Crippen molar-refractivity contribution in [2.24, 2.45) is 0 Å². The van der Waals surface area contributed by atoms with Crippen molar-refractivity contribution in [3.8, 4) is 5.69 Å². The first-order valence-corrected chi connectivity index (χ1v) is 5.39. The van der Waals surface area contributed by atoms with E-state index in [1.54, 1.807) is 16.8 Å². The number of aromatic nitrogens is 2. The number of rotatable bonds is 1. The second-order valence-corrected chi connectivity index (χ2v) is 4.25. The highest BCUT2D eigenvalue weighted by molar-refractivity contribution is 6.35. The number of nitrogens with zero attached hydrogens (tertiary/aromatic N) is 2. The van der Waals surface area contributed by atoms with E-state index in [9.17, 15) is 0 Å². The molecule has 0 N–H and O–H groups in total. The monoisotopic (exact) mass is 260 g/mol. The van der Waals surface area contributed by atoms with Gasteiger partial charge in [-0.1, -0.05) is 34.8 Å². The third-order valence-corrected chi connectivity index (χ3v) is 3.12. The van der Waals surface area contributed by atoms with Crippen LogP contribution < -0.4 is 0 Å². The number of benzene rings is 1. The predicted octanol–water partition coefficient (Wildman–Crippen LogP) is 4.14. The molecule has 0 unspecified atom stereocenters. The summed E-state index contributed by atoms with van der Waals surface area (Å²) in [5, 5.41) is 5.72. The van der Waals surface area contributed by atoms with Crippen LogP contribution in [0.15, 0.2) is 24.3 Å². The zero-order chi connectivity index (χ0) is 11.0. The summed E-state index contributed by atoms with van der Waals surface area (Å²) >= 11 is 17.7. The fraction of sp³-hybridized carbons (Fsp3) is 0.100. The van der Waals surface area contributed by atoms with E-state index in [4.69, 9.17) is 34.8 Å². The average molecular weight is 262 g/mol. The molecule has 0 aliphatic carbocycles. The summed E-state index contributed by atoms with van der Waals surface area (Å²) in [5.41, 5.74) is 1.60. The predicted molar refractivity (Wildman–Crippen MR) is 63.3 cm³/mol. The minimum atomic E-state index is 0.412. The lowest BCUT2D eigenvalue weighted by Crippen LogP contribution is -1.95. The molecule has 1 aromatic carbocycles. The number of hydrogen-bond donors (Lipinski definition) is 0. The number of hydrogen-bond acceptors (Lipinski definition) is 1. The lowest BCUT2D eigenvalue weighted by Gasteiger charge is -2.02. The van der Waals surface area contributed by atoms with Crippen LogP contribution in [0.2, 0.25) is 15.3 Å². The summed E-state index contributed by atoms with van der Waals surface area (Å²) in [6, 6.07) is 7.21. The van der Waals surface area contributed by atoms with Gasteiger partial charge in [0.2, 0.25) is 0 Å². The Morgan fingerprint density at radius 3 is 2.13 bits per heavy atom. The van der Waals surface area contributed by atoms with E-state index in [-0.39, 0.29) is 0 Å². The molecule has 0 bridgehead atoms. The van der Waals surface area contributed by atoms with Gasteiger partial charge >= 0.3 is 0 Å². The van der Waals surface area contributed by atoms with E-state index in [2.05, 4.69) is 5.10 Å². The van der Waals surface area contributed by atoms with E-state index in [1.807, 2.05) is 19.1 Å². The highest BCUT2D eigenvalue weighted by Gasteiger charge is 2.11. The van der Waals surface area contributed by atoms with Crippen molar-refractivity contribution in [3.63, 3.8) is 0 Å². The molecular formula is C10H7Cl3N2. The van der Waals surface area contributed by atoms with Crippen LogP contribution in [0.1, 0.15) is 5.56 Å². The quantitative estimate of drug-likeness (QED) is 0.754. The maximum Gasteiger partial charge on any atom is 0.155 e. The van der Waals surface area contributed by atoms with E-state index < -0.39 is 0 Å². The molecule has 1 heterocycles. The number of halogens is 3. The topological polar surface area (TPSA) is 17.8 Å². The molecule has 0 atom stereocenters. The summed E-state index contributed by atoms with van der Waals surface area (Å²) in [6.07, 6.45) is 0. The second-order valence-electron chi connectivity index (χ2n) is 3.09. The molecule has 0 amide bonds. The molecule has 0 aliphatic rings. The Labute approximate surface area is 102 Å². The lowest BCUT2D eigenvalue weighted by atomic mass is 10.3. The molecule has 15 heavy (non-hydrogen) atoms. The molecule has 2 rings (SSSR count). The van der Waals surface area contributed by atoms with Gasteiger partial charge in [-0.05, 0) is 31.2 Å². The van der Waals surface area contributed by atoms with Crippen LogP contribution in [0.4, 0.5) is 0 Å². The van der Waals surface area contributed by atoms with Gasteiger partial charge in [0, 0.05) is 10.6 Å². The first kappa shape index (κ1) is 10.8. The molecule has 1 aromatic heterocycles. The van der Waals surface area contributed by atoms with Gasteiger partial charge in [0.25, 0.3) is 0 Å². The molecule has 0 aliphatic heterocycles. The summed E-state index contributed by atoms with van der Waals surface area (Å²) in [5.74, 6) is 0. The molecule has 0 fully saturated rings. The Hall–Kier alpha value is -0.700. The summed E-state index contributed by atoms with van der Waals surface area (Å²) in [4.78, 5) is 0. The van der Waals surface area contributed by atoms with Gasteiger partial charge in [0.15, 0.2) is 5.15 Å². The third kappa shape index (κ3) is 1.98. The minimum Gasteiger partial charge on any atom is -0.220 e. The largest absolute Gasteiger partial charge is 0.220 e. The molecule has 0 saturated carbocycles. The van der Waals surface area contributed by atoms with Gasteiger partial charge in [-0.2, -0.15) is 5.10 Å². The normalized spacial score (nSPS) is 10.7. The lowest BCUT2D eigenvalue weighted by molar-refractivity contribution is 0.881. The van der Waals surface area contributed by atoms with Crippen molar-refractivity contribution in [1.29, 1.82) is 0 Å². The fourth-order valence-corrected chi connectivity index (χ4v) is 1.77. The molecule has 78 valence electrons.